The predicted octanol–water partition coefficient (Wildman–Crippen LogP) is 3.92. The zero-order valence-electron chi connectivity index (χ0n) is 22.2. The molecule has 0 radical (unpaired) electrons. The van der Waals surface area contributed by atoms with E-state index < -0.39 is 0 Å². The molecule has 2 bridgehead atoms. The quantitative estimate of drug-likeness (QED) is 0.596. The normalized spacial score (nSPS) is 28.2. The lowest BCUT2D eigenvalue weighted by Crippen LogP contribution is -2.60. The third-order valence-corrected chi connectivity index (χ3v) is 9.75. The summed E-state index contributed by atoms with van der Waals surface area (Å²) in [5, 5.41) is 16.3. The second-order valence-electron chi connectivity index (χ2n) is 11.6. The van der Waals surface area contributed by atoms with E-state index in [1.807, 2.05) is 14.0 Å². The van der Waals surface area contributed by atoms with Crippen LogP contribution in [0.4, 0.5) is 11.5 Å². The van der Waals surface area contributed by atoms with Crippen molar-refractivity contribution in [2.75, 3.05) is 50.1 Å². The lowest BCUT2D eigenvalue weighted by atomic mass is 9.56. The van der Waals surface area contributed by atoms with Crippen LogP contribution in [0.15, 0.2) is 6.07 Å². The summed E-state index contributed by atoms with van der Waals surface area (Å²) in [6, 6.07) is 2.12. The maximum Gasteiger partial charge on any atom is 0.136 e. The number of anilines is 2. The highest BCUT2D eigenvalue weighted by Gasteiger charge is 2.51. The molecule has 2 aromatic rings. The monoisotopic (exact) mass is 491 g/mol. The Bertz CT molecular complexity index is 1120. The van der Waals surface area contributed by atoms with Crippen LogP contribution >= 0.6 is 0 Å². The molecular formula is C28H41N7O. The molecule has 0 unspecified atom stereocenters. The van der Waals surface area contributed by atoms with E-state index in [-0.39, 0.29) is 0 Å². The van der Waals surface area contributed by atoms with E-state index in [9.17, 15) is 0 Å². The molecular weight excluding hydrogens is 450 g/mol. The van der Waals surface area contributed by atoms with Gasteiger partial charge in [0, 0.05) is 74.9 Å². The highest BCUT2D eigenvalue weighted by atomic mass is 16.5. The minimum Gasteiger partial charge on any atom is -0.379 e. The largest absolute Gasteiger partial charge is 0.379 e. The Kier molecular flexibility index (Phi) is 6.07. The number of rotatable bonds is 6. The van der Waals surface area contributed by atoms with Crippen molar-refractivity contribution in [2.45, 2.75) is 77.4 Å². The van der Waals surface area contributed by atoms with Gasteiger partial charge in [-0.3, -0.25) is 9.58 Å². The van der Waals surface area contributed by atoms with Crippen LogP contribution in [0.25, 0.3) is 0 Å². The molecule has 4 fully saturated rings. The zero-order chi connectivity index (χ0) is 24.9. The van der Waals surface area contributed by atoms with Gasteiger partial charge in [0.15, 0.2) is 0 Å². The molecule has 194 valence electrons. The van der Waals surface area contributed by atoms with Crippen LogP contribution in [0, 0.1) is 24.7 Å². The van der Waals surface area contributed by atoms with Gasteiger partial charge in [-0.2, -0.15) is 5.10 Å². The smallest absolute Gasteiger partial charge is 0.136 e. The number of pyridine rings is 1. The molecule has 2 N–H and O–H groups in total. The first-order valence-corrected chi connectivity index (χ1v) is 13.8. The number of aromatic nitrogens is 3. The van der Waals surface area contributed by atoms with E-state index in [1.54, 1.807) is 0 Å². The first-order valence-electron chi connectivity index (χ1n) is 13.8. The van der Waals surface area contributed by atoms with Gasteiger partial charge in [0.05, 0.1) is 30.2 Å². The first kappa shape index (κ1) is 23.9. The fourth-order valence-corrected chi connectivity index (χ4v) is 7.57. The minimum absolute atomic E-state index is 0.411. The lowest BCUT2D eigenvalue weighted by molar-refractivity contribution is -0.0958. The molecule has 8 heteroatoms. The number of aryl methyl sites for hydroxylation is 2. The van der Waals surface area contributed by atoms with Crippen molar-refractivity contribution in [3.05, 3.63) is 34.3 Å². The number of morpholine rings is 1. The fourth-order valence-electron chi connectivity index (χ4n) is 7.57. The van der Waals surface area contributed by atoms with E-state index in [1.165, 1.54) is 56.0 Å². The maximum atomic E-state index is 8.02. The molecule has 2 aliphatic heterocycles. The van der Waals surface area contributed by atoms with Gasteiger partial charge in [-0.1, -0.05) is 0 Å². The first-order chi connectivity index (χ1) is 17.5. The summed E-state index contributed by atoms with van der Waals surface area (Å²) in [5.74, 6) is 0.778. The molecule has 3 aliphatic carbocycles. The molecule has 0 atom stereocenters. The Labute approximate surface area is 214 Å². The third kappa shape index (κ3) is 3.93. The lowest BCUT2D eigenvalue weighted by Gasteiger charge is -2.58. The SMILES string of the molecule is CNc1nc(C)cc(N2CCc3c(c(C)nn3CC34CCC(N5CCOCC5)(CC3)CC4)C2)c1C=N. The average molecular weight is 492 g/mol. The molecule has 7 rings (SSSR count). The molecule has 8 nitrogen and oxygen atoms in total. The van der Waals surface area contributed by atoms with Gasteiger partial charge in [0.1, 0.15) is 5.82 Å². The van der Waals surface area contributed by atoms with E-state index in [2.05, 4.69) is 37.8 Å². The summed E-state index contributed by atoms with van der Waals surface area (Å²) < 4.78 is 8.03. The van der Waals surface area contributed by atoms with Gasteiger partial charge in [0.25, 0.3) is 0 Å². The summed E-state index contributed by atoms with van der Waals surface area (Å²) in [7, 11) is 1.88. The molecule has 1 saturated heterocycles. The van der Waals surface area contributed by atoms with Gasteiger partial charge < -0.3 is 20.4 Å². The van der Waals surface area contributed by atoms with Crippen LogP contribution in [-0.4, -0.2) is 71.3 Å². The van der Waals surface area contributed by atoms with Crippen molar-refractivity contribution in [1.82, 2.24) is 19.7 Å². The predicted molar refractivity (Wildman–Crippen MR) is 143 cm³/mol. The van der Waals surface area contributed by atoms with E-state index in [4.69, 9.17) is 15.2 Å². The molecule has 0 amide bonds. The zero-order valence-corrected chi connectivity index (χ0v) is 22.2. The molecule has 4 heterocycles. The molecule has 2 aromatic heterocycles. The van der Waals surface area contributed by atoms with Gasteiger partial charge in [-0.25, -0.2) is 4.98 Å². The van der Waals surface area contributed by atoms with E-state index in [0.29, 0.717) is 11.0 Å². The van der Waals surface area contributed by atoms with Crippen LogP contribution in [-0.2, 0) is 24.2 Å². The average Bonchev–Trinajstić information content (AvgIpc) is 3.23. The van der Waals surface area contributed by atoms with Crippen molar-refractivity contribution in [1.29, 1.82) is 5.41 Å². The molecule has 0 spiro atoms. The fraction of sp³-hybridized carbons (Fsp3) is 0.679. The Balaban J connectivity index is 1.20. The Morgan fingerprint density at radius 2 is 1.81 bits per heavy atom. The summed E-state index contributed by atoms with van der Waals surface area (Å²) in [5.41, 5.74) is 7.76. The highest BCUT2D eigenvalue weighted by molar-refractivity contribution is 5.92. The molecule has 3 saturated carbocycles. The Hall–Kier alpha value is -2.45. The Morgan fingerprint density at radius 3 is 2.47 bits per heavy atom. The van der Waals surface area contributed by atoms with Gasteiger partial charge in [-0.15, -0.1) is 0 Å². The standard InChI is InChI=1S/C28H41N7O/c1-20-16-25(22(17-29)26(30-3)31-20)33-11-4-24-23(18-33)21(2)32-35(24)19-27-5-8-28(9-6-27,10-7-27)34-12-14-36-15-13-34/h16-17,29H,4-15,18-19H2,1-3H3,(H,30,31). The van der Waals surface area contributed by atoms with Gasteiger partial charge in [0.2, 0.25) is 0 Å². The highest BCUT2D eigenvalue weighted by Crippen LogP contribution is 2.55. The molecule has 36 heavy (non-hydrogen) atoms. The summed E-state index contributed by atoms with van der Waals surface area (Å²) in [6.07, 6.45) is 10.4. The van der Waals surface area contributed by atoms with E-state index >= 15 is 0 Å². The second-order valence-corrected chi connectivity index (χ2v) is 11.6. The number of nitrogens with one attached hydrogen (secondary N) is 2. The maximum absolute atomic E-state index is 8.02. The summed E-state index contributed by atoms with van der Waals surface area (Å²) in [4.78, 5) is 9.76. The number of hydrogen-bond acceptors (Lipinski definition) is 7. The van der Waals surface area contributed by atoms with Crippen molar-refractivity contribution in [3.63, 3.8) is 0 Å². The number of ether oxygens (including phenoxy) is 1. The van der Waals surface area contributed by atoms with Crippen LogP contribution < -0.4 is 10.2 Å². The molecule has 0 aromatic carbocycles. The van der Waals surface area contributed by atoms with Crippen LogP contribution in [0.5, 0.6) is 0 Å². The van der Waals surface area contributed by atoms with Crippen LogP contribution in [0.1, 0.15) is 66.7 Å². The number of hydrogen-bond donors (Lipinski definition) is 2. The topological polar surface area (TPSA) is 82.3 Å². The van der Waals surface area contributed by atoms with Crippen molar-refractivity contribution < 1.29 is 4.74 Å². The van der Waals surface area contributed by atoms with Crippen molar-refractivity contribution in [2.24, 2.45) is 5.41 Å². The summed E-state index contributed by atoms with van der Waals surface area (Å²) in [6.45, 7) is 11.1. The van der Waals surface area contributed by atoms with Gasteiger partial charge >= 0.3 is 0 Å². The Morgan fingerprint density at radius 1 is 1.08 bits per heavy atom. The second kappa shape index (κ2) is 9.14. The van der Waals surface area contributed by atoms with Crippen molar-refractivity contribution >= 4 is 17.7 Å². The number of fused-ring (bicyclic) bond motifs is 4. The number of nitrogens with zero attached hydrogens (tertiary/aromatic N) is 5. The van der Waals surface area contributed by atoms with E-state index in [0.717, 1.165) is 80.8 Å². The van der Waals surface area contributed by atoms with Gasteiger partial charge in [-0.05, 0) is 63.9 Å². The third-order valence-electron chi connectivity index (χ3n) is 9.75. The van der Waals surface area contributed by atoms with Crippen molar-refractivity contribution in [3.8, 4) is 0 Å². The van der Waals surface area contributed by atoms with Crippen LogP contribution in [0.2, 0.25) is 0 Å². The minimum atomic E-state index is 0.411. The van der Waals surface area contributed by atoms with Crippen LogP contribution in [0.3, 0.4) is 0 Å². The molecule has 5 aliphatic rings. The summed E-state index contributed by atoms with van der Waals surface area (Å²) >= 11 is 0.